The van der Waals surface area contributed by atoms with Crippen LogP contribution >= 0.6 is 12.2 Å². The Labute approximate surface area is 166 Å². The standard InChI is InChI=1S/C23H24N2OS/c1-16-12-13-21(17(2)14-16)22(18-8-5-4-6-9-18)25-23(27)24-19-10-7-11-20(15-19)26-3/h4-15,22H,1-3H3,(H2,24,25,27). The molecule has 0 saturated heterocycles. The van der Waals surface area contributed by atoms with Crippen LogP contribution in [0.4, 0.5) is 5.69 Å². The second-order valence-corrected chi connectivity index (χ2v) is 6.94. The van der Waals surface area contributed by atoms with Gasteiger partial charge in [-0.1, -0.05) is 60.2 Å². The van der Waals surface area contributed by atoms with Crippen LogP contribution in [0, 0.1) is 13.8 Å². The Balaban J connectivity index is 1.86. The molecular weight excluding hydrogens is 352 g/mol. The van der Waals surface area contributed by atoms with E-state index in [1.807, 2.05) is 42.5 Å². The van der Waals surface area contributed by atoms with E-state index in [-0.39, 0.29) is 6.04 Å². The zero-order valence-corrected chi connectivity index (χ0v) is 16.6. The molecule has 0 fully saturated rings. The quantitative estimate of drug-likeness (QED) is 0.585. The summed E-state index contributed by atoms with van der Waals surface area (Å²) in [7, 11) is 1.65. The Bertz CT molecular complexity index is 925. The maximum absolute atomic E-state index is 5.60. The van der Waals surface area contributed by atoms with E-state index in [1.54, 1.807) is 7.11 Å². The first-order valence-corrected chi connectivity index (χ1v) is 9.31. The van der Waals surface area contributed by atoms with Gasteiger partial charge >= 0.3 is 0 Å². The molecule has 1 unspecified atom stereocenters. The maximum Gasteiger partial charge on any atom is 0.171 e. The van der Waals surface area contributed by atoms with Crippen LogP contribution in [0.15, 0.2) is 72.8 Å². The van der Waals surface area contributed by atoms with Gasteiger partial charge in [0.15, 0.2) is 5.11 Å². The van der Waals surface area contributed by atoms with Crippen molar-refractivity contribution in [3.05, 3.63) is 95.1 Å². The number of methoxy groups -OCH3 is 1. The van der Waals surface area contributed by atoms with Crippen molar-refractivity contribution >= 4 is 23.0 Å². The molecule has 0 aliphatic carbocycles. The van der Waals surface area contributed by atoms with Gasteiger partial charge in [0, 0.05) is 11.8 Å². The Morgan fingerprint density at radius 3 is 2.41 bits per heavy atom. The van der Waals surface area contributed by atoms with Crippen LogP contribution in [0.5, 0.6) is 5.75 Å². The predicted molar refractivity (Wildman–Crippen MR) is 117 cm³/mol. The van der Waals surface area contributed by atoms with Crippen LogP contribution in [0.2, 0.25) is 0 Å². The Kier molecular flexibility index (Phi) is 6.09. The fourth-order valence-corrected chi connectivity index (χ4v) is 3.37. The van der Waals surface area contributed by atoms with Crippen LogP contribution in [0.1, 0.15) is 28.3 Å². The summed E-state index contributed by atoms with van der Waals surface area (Å²) in [5, 5.41) is 7.30. The van der Waals surface area contributed by atoms with Gasteiger partial charge < -0.3 is 15.4 Å². The average molecular weight is 377 g/mol. The Hall–Kier alpha value is -2.85. The van der Waals surface area contributed by atoms with Crippen molar-refractivity contribution in [3.8, 4) is 5.75 Å². The second kappa shape index (κ2) is 8.69. The first-order chi connectivity index (χ1) is 13.1. The molecule has 0 amide bonds. The predicted octanol–water partition coefficient (Wildman–Crippen LogP) is 5.39. The second-order valence-electron chi connectivity index (χ2n) is 6.53. The number of hydrogen-bond acceptors (Lipinski definition) is 2. The first kappa shape index (κ1) is 18.9. The number of hydrogen-bond donors (Lipinski definition) is 2. The van der Waals surface area contributed by atoms with E-state index < -0.39 is 0 Å². The van der Waals surface area contributed by atoms with E-state index in [1.165, 1.54) is 22.3 Å². The zero-order chi connectivity index (χ0) is 19.2. The molecular formula is C23H24N2OS. The van der Waals surface area contributed by atoms with Gasteiger partial charge in [0.25, 0.3) is 0 Å². The lowest BCUT2D eigenvalue weighted by molar-refractivity contribution is 0.415. The molecule has 4 heteroatoms. The number of benzene rings is 3. The fourth-order valence-electron chi connectivity index (χ4n) is 3.13. The van der Waals surface area contributed by atoms with Crippen LogP contribution in [-0.4, -0.2) is 12.2 Å². The van der Waals surface area contributed by atoms with Crippen molar-refractivity contribution in [2.45, 2.75) is 19.9 Å². The molecule has 0 spiro atoms. The normalized spacial score (nSPS) is 11.5. The largest absolute Gasteiger partial charge is 0.497 e. The number of ether oxygens (including phenoxy) is 1. The van der Waals surface area contributed by atoms with E-state index in [0.717, 1.165) is 11.4 Å². The lowest BCUT2D eigenvalue weighted by Crippen LogP contribution is -2.33. The van der Waals surface area contributed by atoms with Gasteiger partial charge in [-0.2, -0.15) is 0 Å². The summed E-state index contributed by atoms with van der Waals surface area (Å²) in [6.45, 7) is 4.25. The number of aryl methyl sites for hydroxylation is 2. The lowest BCUT2D eigenvalue weighted by atomic mass is 9.94. The molecule has 3 nitrogen and oxygen atoms in total. The molecule has 0 aliphatic rings. The highest BCUT2D eigenvalue weighted by Gasteiger charge is 2.17. The summed E-state index contributed by atoms with van der Waals surface area (Å²) >= 11 is 5.60. The minimum Gasteiger partial charge on any atom is -0.497 e. The Morgan fingerprint density at radius 2 is 1.70 bits per heavy atom. The maximum atomic E-state index is 5.60. The summed E-state index contributed by atoms with van der Waals surface area (Å²) in [5.41, 5.74) is 5.75. The number of anilines is 1. The molecule has 0 radical (unpaired) electrons. The van der Waals surface area contributed by atoms with Crippen molar-refractivity contribution in [2.24, 2.45) is 0 Å². The van der Waals surface area contributed by atoms with Gasteiger partial charge in [0.1, 0.15) is 5.75 Å². The van der Waals surface area contributed by atoms with Gasteiger partial charge in [-0.3, -0.25) is 0 Å². The van der Waals surface area contributed by atoms with E-state index >= 15 is 0 Å². The minimum atomic E-state index is -0.0302. The molecule has 0 aliphatic heterocycles. The molecule has 27 heavy (non-hydrogen) atoms. The van der Waals surface area contributed by atoms with Gasteiger partial charge in [0.05, 0.1) is 13.2 Å². The van der Waals surface area contributed by atoms with E-state index in [0.29, 0.717) is 5.11 Å². The summed E-state index contributed by atoms with van der Waals surface area (Å²) in [5.74, 6) is 0.789. The monoisotopic (exact) mass is 376 g/mol. The van der Waals surface area contributed by atoms with E-state index in [4.69, 9.17) is 17.0 Å². The SMILES string of the molecule is COc1cccc(NC(=S)NC(c2ccccc2)c2ccc(C)cc2C)c1. The summed E-state index contributed by atoms with van der Waals surface area (Å²) in [4.78, 5) is 0. The molecule has 3 rings (SSSR count). The molecule has 0 bridgehead atoms. The third kappa shape index (κ3) is 4.86. The molecule has 3 aromatic carbocycles. The molecule has 0 saturated carbocycles. The van der Waals surface area contributed by atoms with Crippen molar-refractivity contribution in [3.63, 3.8) is 0 Å². The van der Waals surface area contributed by atoms with Crippen LogP contribution in [-0.2, 0) is 0 Å². The minimum absolute atomic E-state index is 0.0302. The molecule has 1 atom stereocenters. The third-order valence-corrected chi connectivity index (χ3v) is 4.69. The van der Waals surface area contributed by atoms with Gasteiger partial charge in [-0.05, 0) is 54.9 Å². The first-order valence-electron chi connectivity index (χ1n) is 8.90. The Morgan fingerprint density at radius 1 is 0.926 bits per heavy atom. The van der Waals surface area contributed by atoms with Gasteiger partial charge in [-0.25, -0.2) is 0 Å². The van der Waals surface area contributed by atoms with Crippen LogP contribution < -0.4 is 15.4 Å². The lowest BCUT2D eigenvalue weighted by Gasteiger charge is -2.24. The average Bonchev–Trinajstić information content (AvgIpc) is 2.67. The van der Waals surface area contributed by atoms with Crippen molar-refractivity contribution in [2.75, 3.05) is 12.4 Å². The highest BCUT2D eigenvalue weighted by Crippen LogP contribution is 2.26. The van der Waals surface area contributed by atoms with E-state index in [9.17, 15) is 0 Å². The van der Waals surface area contributed by atoms with E-state index in [2.05, 4.69) is 54.8 Å². The number of thiocarbonyl (C=S) groups is 1. The highest BCUT2D eigenvalue weighted by molar-refractivity contribution is 7.80. The topological polar surface area (TPSA) is 33.3 Å². The highest BCUT2D eigenvalue weighted by atomic mass is 32.1. The van der Waals surface area contributed by atoms with Crippen molar-refractivity contribution in [1.29, 1.82) is 0 Å². The molecule has 0 heterocycles. The third-order valence-electron chi connectivity index (χ3n) is 4.47. The summed E-state index contributed by atoms with van der Waals surface area (Å²) in [6, 6.07) is 24.6. The van der Waals surface area contributed by atoms with Crippen LogP contribution in [0.25, 0.3) is 0 Å². The molecule has 2 N–H and O–H groups in total. The molecule has 3 aromatic rings. The van der Waals surface area contributed by atoms with Crippen LogP contribution in [0.3, 0.4) is 0 Å². The smallest absolute Gasteiger partial charge is 0.171 e. The fraction of sp³-hybridized carbons (Fsp3) is 0.174. The van der Waals surface area contributed by atoms with Crippen molar-refractivity contribution < 1.29 is 4.74 Å². The zero-order valence-electron chi connectivity index (χ0n) is 15.8. The number of rotatable bonds is 5. The molecule has 138 valence electrons. The van der Waals surface area contributed by atoms with Crippen molar-refractivity contribution in [1.82, 2.24) is 5.32 Å². The summed E-state index contributed by atoms with van der Waals surface area (Å²) in [6.07, 6.45) is 0. The summed E-state index contributed by atoms with van der Waals surface area (Å²) < 4.78 is 5.28. The molecule has 0 aromatic heterocycles. The van der Waals surface area contributed by atoms with Gasteiger partial charge in [0.2, 0.25) is 0 Å². The van der Waals surface area contributed by atoms with Gasteiger partial charge in [-0.15, -0.1) is 0 Å². The number of nitrogens with one attached hydrogen (secondary N) is 2.